The van der Waals surface area contributed by atoms with Crippen molar-refractivity contribution in [1.29, 1.82) is 5.26 Å². The summed E-state index contributed by atoms with van der Waals surface area (Å²) in [4.78, 5) is 0. The van der Waals surface area contributed by atoms with Crippen molar-refractivity contribution < 1.29 is 0 Å². The van der Waals surface area contributed by atoms with Crippen molar-refractivity contribution >= 4 is 0 Å². The Hall–Kier alpha value is -0.590. The molecule has 0 radical (unpaired) electrons. The van der Waals surface area contributed by atoms with Gasteiger partial charge >= 0.3 is 0 Å². The van der Waals surface area contributed by atoms with Crippen LogP contribution in [0.4, 0.5) is 0 Å². The summed E-state index contributed by atoms with van der Waals surface area (Å²) in [5.41, 5.74) is 5.34. The lowest BCUT2D eigenvalue weighted by Gasteiger charge is -2.58. The minimum absolute atomic E-state index is 0.229. The van der Waals surface area contributed by atoms with Crippen molar-refractivity contribution in [3.05, 3.63) is 0 Å². The number of nitrogens with two attached hydrogens (primary N) is 1. The highest BCUT2D eigenvalue weighted by atomic mass is 15.0. The normalized spacial score (nSPS) is 49.2. The van der Waals surface area contributed by atoms with Crippen LogP contribution in [0, 0.1) is 35.0 Å². The molecule has 4 fully saturated rings. The van der Waals surface area contributed by atoms with Crippen LogP contribution in [-0.4, -0.2) is 18.6 Å². The van der Waals surface area contributed by atoms with Crippen LogP contribution >= 0.6 is 0 Å². The second-order valence-electron chi connectivity index (χ2n) is 6.00. The second-order valence-corrected chi connectivity index (χ2v) is 6.00. The third-order valence-electron chi connectivity index (χ3n) is 5.17. The van der Waals surface area contributed by atoms with Crippen molar-refractivity contribution in [2.24, 2.45) is 29.4 Å². The SMILES string of the molecule is N#CC1(NCCN)C2CC3CC(C2)CC1C3. The average molecular weight is 219 g/mol. The maximum Gasteiger partial charge on any atom is 0.112 e. The summed E-state index contributed by atoms with van der Waals surface area (Å²) < 4.78 is 0. The summed E-state index contributed by atoms with van der Waals surface area (Å²) in [6.45, 7) is 1.42. The molecule has 0 saturated heterocycles. The summed E-state index contributed by atoms with van der Waals surface area (Å²) in [7, 11) is 0. The number of nitrogens with zero attached hydrogens (tertiary/aromatic N) is 1. The first-order chi connectivity index (χ1) is 7.78. The summed E-state index contributed by atoms with van der Waals surface area (Å²) in [6.07, 6.45) is 6.54. The Morgan fingerprint density at radius 1 is 1.12 bits per heavy atom. The van der Waals surface area contributed by atoms with E-state index >= 15 is 0 Å². The highest BCUT2D eigenvalue weighted by molar-refractivity contribution is 5.21. The standard InChI is InChI=1S/C13H21N3/c14-1-2-16-13(8-15)11-4-9-3-10(6-11)7-12(13)5-9/h9-12,16H,1-7,14H2. The summed E-state index contributed by atoms with van der Waals surface area (Å²) in [5.74, 6) is 3.04. The highest BCUT2D eigenvalue weighted by Crippen LogP contribution is 2.57. The molecular formula is C13H21N3. The van der Waals surface area contributed by atoms with Crippen molar-refractivity contribution in [2.45, 2.75) is 37.6 Å². The van der Waals surface area contributed by atoms with Crippen LogP contribution in [0.15, 0.2) is 0 Å². The van der Waals surface area contributed by atoms with E-state index in [0.29, 0.717) is 18.4 Å². The molecular weight excluding hydrogens is 198 g/mol. The van der Waals surface area contributed by atoms with E-state index in [1.165, 1.54) is 32.1 Å². The van der Waals surface area contributed by atoms with Gasteiger partial charge in [-0.05, 0) is 55.8 Å². The van der Waals surface area contributed by atoms with Gasteiger partial charge in [0.1, 0.15) is 5.54 Å². The summed E-state index contributed by atoms with van der Waals surface area (Å²) >= 11 is 0. The quantitative estimate of drug-likeness (QED) is 0.751. The molecule has 0 heterocycles. The first kappa shape index (κ1) is 10.6. The van der Waals surface area contributed by atoms with Gasteiger partial charge in [0, 0.05) is 13.1 Å². The molecule has 0 aromatic heterocycles. The Morgan fingerprint density at radius 2 is 1.69 bits per heavy atom. The summed E-state index contributed by atoms with van der Waals surface area (Å²) in [5, 5.41) is 13.1. The monoisotopic (exact) mass is 219 g/mol. The van der Waals surface area contributed by atoms with Gasteiger partial charge < -0.3 is 5.73 Å². The number of nitrogens with one attached hydrogen (secondary N) is 1. The van der Waals surface area contributed by atoms with Gasteiger partial charge in [-0.2, -0.15) is 5.26 Å². The highest BCUT2D eigenvalue weighted by Gasteiger charge is 2.57. The molecule has 4 aliphatic rings. The van der Waals surface area contributed by atoms with Gasteiger partial charge in [0.2, 0.25) is 0 Å². The van der Waals surface area contributed by atoms with Crippen molar-refractivity contribution in [3.63, 3.8) is 0 Å². The van der Waals surface area contributed by atoms with E-state index in [9.17, 15) is 5.26 Å². The molecule has 4 aliphatic carbocycles. The molecule has 0 aromatic carbocycles. The Kier molecular flexibility index (Phi) is 2.45. The zero-order valence-corrected chi connectivity index (χ0v) is 9.78. The third kappa shape index (κ3) is 1.33. The van der Waals surface area contributed by atoms with Crippen LogP contribution in [0.1, 0.15) is 32.1 Å². The molecule has 88 valence electrons. The predicted octanol–water partition coefficient (Wildman–Crippen LogP) is 1.25. The van der Waals surface area contributed by atoms with Crippen LogP contribution in [0.2, 0.25) is 0 Å². The number of hydrogen-bond donors (Lipinski definition) is 2. The first-order valence-electron chi connectivity index (χ1n) is 6.65. The zero-order chi connectivity index (χ0) is 11.2. The van der Waals surface area contributed by atoms with Crippen LogP contribution in [0.25, 0.3) is 0 Å². The third-order valence-corrected chi connectivity index (χ3v) is 5.17. The molecule has 4 rings (SSSR count). The molecule has 3 N–H and O–H groups in total. The predicted molar refractivity (Wildman–Crippen MR) is 62.4 cm³/mol. The molecule has 16 heavy (non-hydrogen) atoms. The van der Waals surface area contributed by atoms with Crippen molar-refractivity contribution in [1.82, 2.24) is 5.32 Å². The first-order valence-corrected chi connectivity index (χ1v) is 6.65. The molecule has 0 aliphatic heterocycles. The lowest BCUT2D eigenvalue weighted by molar-refractivity contribution is -0.0460. The fourth-order valence-electron chi connectivity index (χ4n) is 4.72. The van der Waals surface area contributed by atoms with E-state index in [4.69, 9.17) is 5.73 Å². The van der Waals surface area contributed by atoms with Crippen molar-refractivity contribution in [3.8, 4) is 6.07 Å². The Balaban J connectivity index is 1.86. The molecule has 0 aromatic rings. The molecule has 4 saturated carbocycles. The smallest absolute Gasteiger partial charge is 0.112 e. The van der Waals surface area contributed by atoms with Gasteiger partial charge in [0.15, 0.2) is 0 Å². The fraction of sp³-hybridized carbons (Fsp3) is 0.923. The lowest BCUT2D eigenvalue weighted by atomic mass is 9.49. The van der Waals surface area contributed by atoms with Gasteiger partial charge in [-0.3, -0.25) is 5.32 Å². The number of rotatable bonds is 3. The zero-order valence-electron chi connectivity index (χ0n) is 9.78. The Morgan fingerprint density at radius 3 is 2.12 bits per heavy atom. The van der Waals surface area contributed by atoms with Crippen LogP contribution in [-0.2, 0) is 0 Å². The van der Waals surface area contributed by atoms with E-state index in [1.54, 1.807) is 0 Å². The minimum atomic E-state index is -0.229. The number of nitriles is 1. The molecule has 0 unspecified atom stereocenters. The molecule has 0 spiro atoms. The topological polar surface area (TPSA) is 61.8 Å². The Bertz CT molecular complexity index is 290. The van der Waals surface area contributed by atoms with E-state index < -0.39 is 0 Å². The van der Waals surface area contributed by atoms with Gasteiger partial charge in [0.25, 0.3) is 0 Å². The second kappa shape index (κ2) is 3.72. The summed E-state index contributed by atoms with van der Waals surface area (Å²) in [6, 6.07) is 2.63. The maximum atomic E-state index is 9.62. The van der Waals surface area contributed by atoms with E-state index in [1.807, 2.05) is 0 Å². The fourth-order valence-corrected chi connectivity index (χ4v) is 4.72. The van der Waals surface area contributed by atoms with E-state index in [2.05, 4.69) is 11.4 Å². The van der Waals surface area contributed by atoms with E-state index in [-0.39, 0.29) is 5.54 Å². The lowest BCUT2D eigenvalue weighted by Crippen LogP contribution is -2.64. The molecule has 4 bridgehead atoms. The molecule has 0 atom stereocenters. The van der Waals surface area contributed by atoms with Gasteiger partial charge in [-0.1, -0.05) is 0 Å². The number of hydrogen-bond acceptors (Lipinski definition) is 3. The average Bonchev–Trinajstić information content (AvgIpc) is 2.28. The Labute approximate surface area is 97.4 Å². The van der Waals surface area contributed by atoms with Gasteiger partial charge in [-0.25, -0.2) is 0 Å². The van der Waals surface area contributed by atoms with Crippen LogP contribution < -0.4 is 11.1 Å². The van der Waals surface area contributed by atoms with Crippen LogP contribution in [0.3, 0.4) is 0 Å². The molecule has 3 nitrogen and oxygen atoms in total. The maximum absolute atomic E-state index is 9.62. The van der Waals surface area contributed by atoms with Gasteiger partial charge in [0.05, 0.1) is 6.07 Å². The molecule has 0 amide bonds. The minimum Gasteiger partial charge on any atom is -0.329 e. The van der Waals surface area contributed by atoms with Crippen LogP contribution in [0.5, 0.6) is 0 Å². The van der Waals surface area contributed by atoms with E-state index in [0.717, 1.165) is 18.4 Å². The molecule has 3 heteroatoms. The van der Waals surface area contributed by atoms with Gasteiger partial charge in [-0.15, -0.1) is 0 Å². The van der Waals surface area contributed by atoms with Crippen molar-refractivity contribution in [2.75, 3.05) is 13.1 Å². The largest absolute Gasteiger partial charge is 0.329 e.